The monoisotopic (exact) mass is 239 g/mol. The average Bonchev–Trinajstić information content (AvgIpc) is 2.76. The molecule has 1 aromatic heterocycles. The van der Waals surface area contributed by atoms with E-state index in [1.54, 1.807) is 6.08 Å². The van der Waals surface area contributed by atoms with Crippen molar-refractivity contribution in [1.29, 1.82) is 0 Å². The summed E-state index contributed by atoms with van der Waals surface area (Å²) in [5.74, 6) is -1.23. The van der Waals surface area contributed by atoms with Crippen molar-refractivity contribution in [2.45, 2.75) is 6.18 Å². The second-order valence-corrected chi connectivity index (χ2v) is 3.32. The summed E-state index contributed by atoms with van der Waals surface area (Å²) < 4.78 is 40.9. The van der Waals surface area contributed by atoms with E-state index in [0.29, 0.717) is 0 Å². The molecule has 0 atom stereocenters. The molecule has 0 aliphatic carbocycles. The summed E-state index contributed by atoms with van der Waals surface area (Å²) in [5, 5.41) is 0. The van der Waals surface area contributed by atoms with Crippen LogP contribution in [0.15, 0.2) is 41.0 Å². The van der Waals surface area contributed by atoms with Crippen LogP contribution in [0.25, 0.3) is 12.2 Å². The molecular weight excluding hydrogens is 231 g/mol. The molecule has 0 aliphatic rings. The summed E-state index contributed by atoms with van der Waals surface area (Å²) in [4.78, 5) is 3.32. The highest BCUT2D eigenvalue weighted by Gasteiger charge is 2.36. The molecular formula is C12H8F3NO. The van der Waals surface area contributed by atoms with Crippen molar-refractivity contribution in [2.24, 2.45) is 0 Å². The normalized spacial score (nSPS) is 12.2. The third-order valence-electron chi connectivity index (χ3n) is 2.01. The summed E-state index contributed by atoms with van der Waals surface area (Å²) in [7, 11) is 0. The Morgan fingerprint density at radius 3 is 2.35 bits per heavy atom. The van der Waals surface area contributed by atoms with Gasteiger partial charge in [0.05, 0.1) is 0 Å². The van der Waals surface area contributed by atoms with Crippen LogP contribution in [0.2, 0.25) is 0 Å². The molecule has 2 rings (SSSR count). The van der Waals surface area contributed by atoms with E-state index in [-0.39, 0.29) is 5.69 Å². The minimum atomic E-state index is -4.54. The first kappa shape index (κ1) is 11.4. The molecule has 0 saturated carbocycles. The zero-order chi connectivity index (χ0) is 12.3. The molecule has 1 heterocycles. The van der Waals surface area contributed by atoms with Crippen LogP contribution in [-0.4, -0.2) is 4.98 Å². The molecule has 2 aromatic rings. The number of nitrogens with zero attached hydrogens (tertiary/aromatic N) is 1. The van der Waals surface area contributed by atoms with Gasteiger partial charge in [0.25, 0.3) is 0 Å². The molecule has 17 heavy (non-hydrogen) atoms. The summed E-state index contributed by atoms with van der Waals surface area (Å²) >= 11 is 0. The van der Waals surface area contributed by atoms with E-state index in [2.05, 4.69) is 9.40 Å². The van der Waals surface area contributed by atoms with Gasteiger partial charge in [-0.1, -0.05) is 36.4 Å². The van der Waals surface area contributed by atoms with Crippen molar-refractivity contribution in [1.82, 2.24) is 4.98 Å². The predicted octanol–water partition coefficient (Wildman–Crippen LogP) is 3.86. The topological polar surface area (TPSA) is 26.0 Å². The van der Waals surface area contributed by atoms with Crippen LogP contribution in [0.1, 0.15) is 17.1 Å². The van der Waals surface area contributed by atoms with Gasteiger partial charge in [0.1, 0.15) is 12.0 Å². The minimum Gasteiger partial charge on any atom is -0.441 e. The van der Waals surface area contributed by atoms with Crippen LogP contribution < -0.4 is 0 Å². The van der Waals surface area contributed by atoms with Gasteiger partial charge in [0.15, 0.2) is 0 Å². The second-order valence-electron chi connectivity index (χ2n) is 3.32. The molecule has 1 aromatic carbocycles. The number of oxazole rings is 1. The first-order valence-corrected chi connectivity index (χ1v) is 4.81. The van der Waals surface area contributed by atoms with Crippen molar-refractivity contribution in [2.75, 3.05) is 0 Å². The van der Waals surface area contributed by atoms with Crippen LogP contribution in [-0.2, 0) is 6.18 Å². The Hall–Kier alpha value is -2.04. The molecule has 0 amide bonds. The maximum atomic E-state index is 12.2. The smallest absolute Gasteiger partial charge is 0.441 e. The predicted molar refractivity (Wildman–Crippen MR) is 56.9 cm³/mol. The van der Waals surface area contributed by atoms with Gasteiger partial charge >= 0.3 is 12.1 Å². The summed E-state index contributed by atoms with van der Waals surface area (Å²) in [6.07, 6.45) is -0.437. The molecule has 0 N–H and O–H groups in total. The fourth-order valence-electron chi connectivity index (χ4n) is 1.24. The maximum Gasteiger partial charge on any atom is 0.468 e. The molecule has 0 spiro atoms. The molecule has 88 valence electrons. The van der Waals surface area contributed by atoms with Crippen molar-refractivity contribution >= 4 is 12.2 Å². The van der Waals surface area contributed by atoms with Crippen LogP contribution in [0.5, 0.6) is 0 Å². The second kappa shape index (κ2) is 4.45. The Labute approximate surface area is 95.4 Å². The van der Waals surface area contributed by atoms with Gasteiger partial charge in [-0.15, -0.1) is 0 Å². The average molecular weight is 239 g/mol. The van der Waals surface area contributed by atoms with Gasteiger partial charge in [0, 0.05) is 0 Å². The summed E-state index contributed by atoms with van der Waals surface area (Å²) in [6, 6.07) is 9.20. The third kappa shape index (κ3) is 2.96. The van der Waals surface area contributed by atoms with Crippen molar-refractivity contribution in [3.63, 3.8) is 0 Å². The number of hydrogen-bond donors (Lipinski definition) is 0. The first-order chi connectivity index (χ1) is 8.05. The van der Waals surface area contributed by atoms with Gasteiger partial charge in [-0.05, 0) is 11.6 Å². The molecule has 0 unspecified atom stereocenters. The summed E-state index contributed by atoms with van der Waals surface area (Å²) in [6.45, 7) is 0. The first-order valence-electron chi connectivity index (χ1n) is 4.81. The molecule has 0 radical (unpaired) electrons. The Balaban J connectivity index is 2.15. The summed E-state index contributed by atoms with van der Waals surface area (Å²) in [5.41, 5.74) is 1.02. The van der Waals surface area contributed by atoms with E-state index in [1.165, 1.54) is 6.08 Å². The molecule has 0 aliphatic heterocycles. The van der Waals surface area contributed by atoms with Gasteiger partial charge in [-0.25, -0.2) is 4.98 Å². The quantitative estimate of drug-likeness (QED) is 0.795. The zero-order valence-corrected chi connectivity index (χ0v) is 8.61. The lowest BCUT2D eigenvalue weighted by molar-refractivity contribution is -0.157. The lowest BCUT2D eigenvalue weighted by Crippen LogP contribution is -2.04. The van der Waals surface area contributed by atoms with Crippen molar-refractivity contribution in [3.8, 4) is 0 Å². The standard InChI is InChI=1S/C12H8F3NO/c13-12(14,15)11-16-10(8-17-11)7-6-9-4-2-1-3-5-9/h1-8H/b7-6+. The minimum absolute atomic E-state index is 0.140. The third-order valence-corrected chi connectivity index (χ3v) is 2.01. The number of benzene rings is 1. The number of halogens is 3. The molecule has 5 heteroatoms. The Morgan fingerprint density at radius 1 is 1.06 bits per heavy atom. The molecule has 2 nitrogen and oxygen atoms in total. The van der Waals surface area contributed by atoms with E-state index in [1.807, 2.05) is 30.3 Å². The van der Waals surface area contributed by atoms with E-state index < -0.39 is 12.1 Å². The highest BCUT2D eigenvalue weighted by Crippen LogP contribution is 2.28. The van der Waals surface area contributed by atoms with Gasteiger partial charge in [-0.3, -0.25) is 0 Å². The largest absolute Gasteiger partial charge is 0.468 e. The van der Waals surface area contributed by atoms with E-state index in [9.17, 15) is 13.2 Å². The Kier molecular flexibility index (Phi) is 2.99. The lowest BCUT2D eigenvalue weighted by atomic mass is 10.2. The van der Waals surface area contributed by atoms with E-state index in [4.69, 9.17) is 0 Å². The molecule has 0 saturated heterocycles. The van der Waals surface area contributed by atoms with Crippen LogP contribution in [0.3, 0.4) is 0 Å². The SMILES string of the molecule is FC(F)(F)c1nc(/C=C/c2ccccc2)co1. The van der Waals surface area contributed by atoms with Gasteiger partial charge < -0.3 is 4.42 Å². The zero-order valence-electron chi connectivity index (χ0n) is 8.61. The van der Waals surface area contributed by atoms with Crippen molar-refractivity contribution in [3.05, 3.63) is 53.7 Å². The number of rotatable bonds is 2. The highest BCUT2D eigenvalue weighted by molar-refractivity contribution is 5.67. The van der Waals surface area contributed by atoms with Crippen LogP contribution in [0.4, 0.5) is 13.2 Å². The Morgan fingerprint density at radius 2 is 1.76 bits per heavy atom. The van der Waals surface area contributed by atoms with E-state index >= 15 is 0 Å². The molecule has 0 fully saturated rings. The Bertz CT molecular complexity index is 514. The number of hydrogen-bond acceptors (Lipinski definition) is 2. The lowest BCUT2D eigenvalue weighted by Gasteiger charge is -1.97. The van der Waals surface area contributed by atoms with Crippen LogP contribution in [0, 0.1) is 0 Å². The highest BCUT2D eigenvalue weighted by atomic mass is 19.4. The fourth-order valence-corrected chi connectivity index (χ4v) is 1.24. The maximum absolute atomic E-state index is 12.2. The van der Waals surface area contributed by atoms with Gasteiger partial charge in [-0.2, -0.15) is 13.2 Å². The molecule has 0 bridgehead atoms. The van der Waals surface area contributed by atoms with Crippen LogP contribution >= 0.6 is 0 Å². The van der Waals surface area contributed by atoms with E-state index in [0.717, 1.165) is 11.8 Å². The van der Waals surface area contributed by atoms with Gasteiger partial charge in [0.2, 0.25) is 0 Å². The van der Waals surface area contributed by atoms with Crippen molar-refractivity contribution < 1.29 is 17.6 Å². The fraction of sp³-hybridized carbons (Fsp3) is 0.0833. The number of aromatic nitrogens is 1. The number of alkyl halides is 3.